The molecule has 0 bridgehead atoms. The summed E-state index contributed by atoms with van der Waals surface area (Å²) < 4.78 is 26.5. The lowest BCUT2D eigenvalue weighted by molar-refractivity contribution is 0.102. The fourth-order valence-electron chi connectivity index (χ4n) is 2.75. The Labute approximate surface area is 161 Å². The maximum atomic E-state index is 12.5. The number of amides is 1. The lowest BCUT2D eigenvalue weighted by atomic mass is 10.1. The van der Waals surface area contributed by atoms with Crippen molar-refractivity contribution in [1.82, 2.24) is 9.62 Å². The van der Waals surface area contributed by atoms with Crippen LogP contribution >= 0.6 is 0 Å². The van der Waals surface area contributed by atoms with Crippen LogP contribution in [-0.2, 0) is 16.6 Å². The molecular formula is C20H27N3O3S. The first kappa shape index (κ1) is 21.1. The van der Waals surface area contributed by atoms with Gasteiger partial charge in [-0.2, -0.15) is 0 Å². The number of nitrogens with zero attached hydrogens (tertiary/aromatic N) is 1. The van der Waals surface area contributed by atoms with Crippen LogP contribution in [0.2, 0.25) is 0 Å². The lowest BCUT2D eigenvalue weighted by Gasteiger charge is -2.18. The van der Waals surface area contributed by atoms with Crippen molar-refractivity contribution < 1.29 is 13.2 Å². The fourth-order valence-corrected chi connectivity index (χ4v) is 3.74. The summed E-state index contributed by atoms with van der Waals surface area (Å²) in [4.78, 5) is 14.9. The van der Waals surface area contributed by atoms with Gasteiger partial charge in [0, 0.05) is 17.8 Å². The van der Waals surface area contributed by atoms with Gasteiger partial charge in [0.05, 0.1) is 4.90 Å². The summed E-state index contributed by atoms with van der Waals surface area (Å²) in [5, 5.41) is 2.76. The van der Waals surface area contributed by atoms with Crippen molar-refractivity contribution in [2.24, 2.45) is 0 Å². The summed E-state index contributed by atoms with van der Waals surface area (Å²) in [6.07, 6.45) is 0. The van der Waals surface area contributed by atoms with Crippen LogP contribution in [0, 0.1) is 6.92 Å². The minimum absolute atomic E-state index is 0.150. The minimum Gasteiger partial charge on any atom is -0.322 e. The average Bonchev–Trinajstić information content (AvgIpc) is 2.67. The SMILES string of the molecule is CCN(CC)Cc1ccc(C(=O)Nc2ccc(C)c(S(=O)(=O)NC)c2)cc1. The van der Waals surface area contributed by atoms with Gasteiger partial charge in [-0.15, -0.1) is 0 Å². The smallest absolute Gasteiger partial charge is 0.255 e. The van der Waals surface area contributed by atoms with Crippen molar-refractivity contribution in [3.8, 4) is 0 Å². The number of rotatable bonds is 8. The van der Waals surface area contributed by atoms with Crippen LogP contribution < -0.4 is 10.0 Å². The van der Waals surface area contributed by atoms with Gasteiger partial charge in [0.2, 0.25) is 10.0 Å². The molecule has 2 aromatic carbocycles. The molecular weight excluding hydrogens is 362 g/mol. The van der Waals surface area contributed by atoms with E-state index in [-0.39, 0.29) is 10.8 Å². The lowest BCUT2D eigenvalue weighted by Crippen LogP contribution is -2.22. The molecule has 6 nitrogen and oxygen atoms in total. The zero-order chi connectivity index (χ0) is 20.0. The summed E-state index contributed by atoms with van der Waals surface area (Å²) >= 11 is 0. The molecule has 2 N–H and O–H groups in total. The van der Waals surface area contributed by atoms with E-state index < -0.39 is 10.0 Å². The molecule has 1 amide bonds. The average molecular weight is 390 g/mol. The normalized spacial score (nSPS) is 11.6. The Morgan fingerprint density at radius 3 is 2.22 bits per heavy atom. The van der Waals surface area contributed by atoms with Crippen LogP contribution in [0.1, 0.15) is 35.3 Å². The maximum Gasteiger partial charge on any atom is 0.255 e. The number of sulfonamides is 1. The molecule has 0 radical (unpaired) electrons. The third kappa shape index (κ3) is 5.38. The second-order valence-electron chi connectivity index (χ2n) is 6.30. The molecule has 0 atom stereocenters. The van der Waals surface area contributed by atoms with E-state index in [0.29, 0.717) is 16.8 Å². The molecule has 2 rings (SSSR count). The molecule has 2 aromatic rings. The van der Waals surface area contributed by atoms with Gasteiger partial charge in [0.25, 0.3) is 5.91 Å². The number of hydrogen-bond donors (Lipinski definition) is 2. The van der Waals surface area contributed by atoms with E-state index in [0.717, 1.165) is 25.2 Å². The predicted molar refractivity (Wildman–Crippen MR) is 108 cm³/mol. The molecule has 27 heavy (non-hydrogen) atoms. The number of carbonyl (C=O) groups excluding carboxylic acids is 1. The van der Waals surface area contributed by atoms with E-state index in [9.17, 15) is 13.2 Å². The highest BCUT2D eigenvalue weighted by Gasteiger charge is 2.16. The molecule has 0 heterocycles. The van der Waals surface area contributed by atoms with Crippen molar-refractivity contribution in [3.63, 3.8) is 0 Å². The van der Waals surface area contributed by atoms with E-state index in [4.69, 9.17) is 0 Å². The first-order valence-corrected chi connectivity index (χ1v) is 10.5. The molecule has 7 heteroatoms. The Bertz CT molecular complexity index is 889. The van der Waals surface area contributed by atoms with Gasteiger partial charge in [0.1, 0.15) is 0 Å². The highest BCUT2D eigenvalue weighted by molar-refractivity contribution is 7.89. The number of anilines is 1. The topological polar surface area (TPSA) is 78.5 Å². The number of hydrogen-bond acceptors (Lipinski definition) is 4. The van der Waals surface area contributed by atoms with Gasteiger partial charge < -0.3 is 5.32 Å². The van der Waals surface area contributed by atoms with Crippen LogP contribution in [-0.4, -0.2) is 39.4 Å². The highest BCUT2D eigenvalue weighted by atomic mass is 32.2. The zero-order valence-electron chi connectivity index (χ0n) is 16.2. The van der Waals surface area contributed by atoms with E-state index in [2.05, 4.69) is 28.8 Å². The molecule has 0 aliphatic rings. The molecule has 0 spiro atoms. The molecule has 0 aromatic heterocycles. The Kier molecular flexibility index (Phi) is 7.12. The molecule has 0 fully saturated rings. The van der Waals surface area contributed by atoms with Crippen LogP contribution in [0.25, 0.3) is 0 Å². The summed E-state index contributed by atoms with van der Waals surface area (Å²) in [5.74, 6) is -0.277. The van der Waals surface area contributed by atoms with Gasteiger partial charge in [-0.3, -0.25) is 9.69 Å². The Hall–Kier alpha value is -2.22. The van der Waals surface area contributed by atoms with Gasteiger partial charge in [0.15, 0.2) is 0 Å². The third-order valence-electron chi connectivity index (χ3n) is 4.52. The minimum atomic E-state index is -3.58. The molecule has 146 valence electrons. The quantitative estimate of drug-likeness (QED) is 0.727. The fraction of sp³-hybridized carbons (Fsp3) is 0.350. The van der Waals surface area contributed by atoms with Crippen LogP contribution in [0.5, 0.6) is 0 Å². The first-order valence-electron chi connectivity index (χ1n) is 8.97. The predicted octanol–water partition coefficient (Wildman–Crippen LogP) is 3.00. The Morgan fingerprint density at radius 1 is 1.04 bits per heavy atom. The van der Waals surface area contributed by atoms with E-state index in [1.807, 2.05) is 12.1 Å². The number of aryl methyl sites for hydroxylation is 1. The molecule has 0 saturated carbocycles. The Balaban J connectivity index is 2.15. The second kappa shape index (κ2) is 9.12. The molecule has 0 unspecified atom stereocenters. The zero-order valence-corrected chi connectivity index (χ0v) is 17.1. The second-order valence-corrected chi connectivity index (χ2v) is 8.16. The van der Waals surface area contributed by atoms with Crippen molar-refractivity contribution >= 4 is 21.6 Å². The van der Waals surface area contributed by atoms with E-state index in [1.165, 1.54) is 13.1 Å². The van der Waals surface area contributed by atoms with Gasteiger partial charge >= 0.3 is 0 Å². The van der Waals surface area contributed by atoms with Crippen molar-refractivity contribution in [3.05, 3.63) is 59.2 Å². The first-order chi connectivity index (χ1) is 12.8. The van der Waals surface area contributed by atoms with Crippen molar-refractivity contribution in [2.75, 3.05) is 25.5 Å². The number of benzene rings is 2. The summed E-state index contributed by atoms with van der Waals surface area (Å²) in [6.45, 7) is 8.75. The molecule has 0 aliphatic carbocycles. The van der Waals surface area contributed by atoms with Crippen LogP contribution in [0.15, 0.2) is 47.4 Å². The van der Waals surface area contributed by atoms with Gasteiger partial charge in [-0.05, 0) is 62.5 Å². The van der Waals surface area contributed by atoms with E-state index >= 15 is 0 Å². The molecule has 0 saturated heterocycles. The van der Waals surface area contributed by atoms with Crippen molar-refractivity contribution in [1.29, 1.82) is 0 Å². The standard InChI is InChI=1S/C20H27N3O3S/c1-5-23(6-2)14-16-8-10-17(11-9-16)20(24)22-18-12-7-15(3)19(13-18)27(25,26)21-4/h7-13,21H,5-6,14H2,1-4H3,(H,22,24). The van der Waals surface area contributed by atoms with Crippen molar-refractivity contribution in [2.45, 2.75) is 32.2 Å². The Morgan fingerprint density at radius 2 is 1.67 bits per heavy atom. The summed E-state index contributed by atoms with van der Waals surface area (Å²) in [6, 6.07) is 12.3. The summed E-state index contributed by atoms with van der Waals surface area (Å²) in [7, 11) is -2.22. The van der Waals surface area contributed by atoms with Crippen LogP contribution in [0.3, 0.4) is 0 Å². The number of carbonyl (C=O) groups is 1. The number of nitrogens with one attached hydrogen (secondary N) is 2. The van der Waals surface area contributed by atoms with Crippen LogP contribution in [0.4, 0.5) is 5.69 Å². The highest BCUT2D eigenvalue weighted by Crippen LogP contribution is 2.20. The van der Waals surface area contributed by atoms with E-state index in [1.54, 1.807) is 31.2 Å². The maximum absolute atomic E-state index is 12.5. The molecule has 0 aliphatic heterocycles. The summed E-state index contributed by atoms with van der Waals surface area (Å²) in [5.41, 5.74) is 2.72. The van der Waals surface area contributed by atoms with Gasteiger partial charge in [-0.1, -0.05) is 32.0 Å². The third-order valence-corrected chi connectivity index (χ3v) is 6.08. The van der Waals surface area contributed by atoms with Gasteiger partial charge in [-0.25, -0.2) is 13.1 Å². The monoisotopic (exact) mass is 389 g/mol. The largest absolute Gasteiger partial charge is 0.322 e.